The summed E-state index contributed by atoms with van der Waals surface area (Å²) in [4.78, 5) is 16.5. The van der Waals surface area contributed by atoms with Gasteiger partial charge in [-0.2, -0.15) is 0 Å². The van der Waals surface area contributed by atoms with E-state index >= 15 is 0 Å². The van der Waals surface area contributed by atoms with E-state index in [2.05, 4.69) is 11.9 Å². The van der Waals surface area contributed by atoms with Crippen LogP contribution in [0.3, 0.4) is 0 Å². The van der Waals surface area contributed by atoms with E-state index in [1.165, 1.54) is 0 Å². The fourth-order valence-corrected chi connectivity index (χ4v) is 2.91. The zero-order chi connectivity index (χ0) is 15.0. The summed E-state index contributed by atoms with van der Waals surface area (Å²) in [5.74, 6) is 0.718. The van der Waals surface area contributed by atoms with Crippen molar-refractivity contribution in [2.45, 2.75) is 44.8 Å². The van der Waals surface area contributed by atoms with Crippen molar-refractivity contribution in [3.63, 3.8) is 0 Å². The van der Waals surface area contributed by atoms with Gasteiger partial charge in [0.25, 0.3) is 5.56 Å². The molecule has 0 unspecified atom stereocenters. The first-order valence-electron chi connectivity index (χ1n) is 7.37. The molecule has 3 rings (SSSR count). The Hall–Kier alpha value is -1.88. The average Bonchev–Trinajstić information content (AvgIpc) is 2.42. The summed E-state index contributed by atoms with van der Waals surface area (Å²) >= 11 is 0. The van der Waals surface area contributed by atoms with Gasteiger partial charge in [-0.1, -0.05) is 6.92 Å². The SMILES string of the molecule is CCCOc1cnc2c(ccc(=O)n2C2CC(C)(O)C2)c1. The van der Waals surface area contributed by atoms with Gasteiger partial charge in [0.2, 0.25) is 0 Å². The molecule has 5 heteroatoms. The molecule has 0 bridgehead atoms. The molecule has 0 atom stereocenters. The van der Waals surface area contributed by atoms with Crippen molar-refractivity contribution in [3.05, 3.63) is 34.7 Å². The third-order valence-electron chi connectivity index (χ3n) is 3.93. The number of rotatable bonds is 4. The highest BCUT2D eigenvalue weighted by molar-refractivity contribution is 5.76. The number of ether oxygens (including phenoxy) is 1. The van der Waals surface area contributed by atoms with E-state index in [-0.39, 0.29) is 11.6 Å². The Labute approximate surface area is 123 Å². The van der Waals surface area contributed by atoms with Crippen LogP contribution in [0.25, 0.3) is 11.0 Å². The molecule has 0 amide bonds. The van der Waals surface area contributed by atoms with Gasteiger partial charge in [0.1, 0.15) is 11.4 Å². The van der Waals surface area contributed by atoms with Gasteiger partial charge in [-0.25, -0.2) is 4.98 Å². The van der Waals surface area contributed by atoms with E-state index in [1.807, 2.05) is 6.07 Å². The highest BCUT2D eigenvalue weighted by Crippen LogP contribution is 2.41. The lowest BCUT2D eigenvalue weighted by molar-refractivity contribution is -0.0507. The van der Waals surface area contributed by atoms with Crippen LogP contribution >= 0.6 is 0 Å². The predicted octanol–water partition coefficient (Wildman–Crippen LogP) is 2.27. The minimum absolute atomic E-state index is 0.0195. The molecule has 5 nitrogen and oxygen atoms in total. The Morgan fingerprint density at radius 3 is 2.90 bits per heavy atom. The summed E-state index contributed by atoms with van der Waals surface area (Å²) in [5.41, 5.74) is -0.0826. The number of aromatic nitrogens is 2. The van der Waals surface area contributed by atoms with Crippen LogP contribution in [-0.4, -0.2) is 26.9 Å². The standard InChI is InChI=1S/C16H20N2O3/c1-3-6-21-13-7-11-4-5-14(19)18(15(11)17-10-13)12-8-16(2,20)9-12/h4-5,7,10,12,20H,3,6,8-9H2,1-2H3. The van der Waals surface area contributed by atoms with E-state index < -0.39 is 5.60 Å². The van der Waals surface area contributed by atoms with Crippen molar-refractivity contribution >= 4 is 11.0 Å². The van der Waals surface area contributed by atoms with E-state index in [4.69, 9.17) is 4.74 Å². The minimum Gasteiger partial charge on any atom is -0.492 e. The molecule has 0 spiro atoms. The van der Waals surface area contributed by atoms with E-state index in [0.29, 0.717) is 25.1 Å². The predicted molar refractivity (Wildman–Crippen MR) is 80.7 cm³/mol. The van der Waals surface area contributed by atoms with Crippen molar-refractivity contribution in [1.82, 2.24) is 9.55 Å². The smallest absolute Gasteiger partial charge is 0.252 e. The Balaban J connectivity index is 2.00. The third-order valence-corrected chi connectivity index (χ3v) is 3.93. The van der Waals surface area contributed by atoms with Crippen LogP contribution in [0.2, 0.25) is 0 Å². The molecule has 1 fully saturated rings. The number of aliphatic hydroxyl groups is 1. The maximum absolute atomic E-state index is 12.1. The van der Waals surface area contributed by atoms with Gasteiger partial charge in [-0.05, 0) is 38.3 Å². The lowest BCUT2D eigenvalue weighted by Crippen LogP contribution is -2.45. The summed E-state index contributed by atoms with van der Waals surface area (Å²) in [6.07, 6.45) is 3.77. The second kappa shape index (κ2) is 5.15. The number of hydrogen-bond acceptors (Lipinski definition) is 4. The van der Waals surface area contributed by atoms with Crippen LogP contribution in [0, 0.1) is 0 Å². The van der Waals surface area contributed by atoms with Crippen LogP contribution in [0.4, 0.5) is 0 Å². The normalized spacial score (nSPS) is 24.8. The molecule has 2 aromatic rings. The Morgan fingerprint density at radius 1 is 1.48 bits per heavy atom. The van der Waals surface area contributed by atoms with Crippen molar-refractivity contribution in [1.29, 1.82) is 0 Å². The molecule has 1 saturated carbocycles. The molecule has 0 radical (unpaired) electrons. The molecule has 1 N–H and O–H groups in total. The summed E-state index contributed by atoms with van der Waals surface area (Å²) in [6, 6.07) is 5.26. The van der Waals surface area contributed by atoms with Crippen LogP contribution in [-0.2, 0) is 0 Å². The Morgan fingerprint density at radius 2 is 2.24 bits per heavy atom. The lowest BCUT2D eigenvalue weighted by Gasteiger charge is -2.41. The molecule has 2 aromatic heterocycles. The Kier molecular flexibility index (Phi) is 3.45. The topological polar surface area (TPSA) is 64.3 Å². The molecule has 21 heavy (non-hydrogen) atoms. The van der Waals surface area contributed by atoms with Crippen molar-refractivity contribution in [3.8, 4) is 5.75 Å². The molecular weight excluding hydrogens is 268 g/mol. The minimum atomic E-state index is -0.670. The second-order valence-electron chi connectivity index (χ2n) is 6.03. The van der Waals surface area contributed by atoms with Crippen LogP contribution < -0.4 is 10.3 Å². The van der Waals surface area contributed by atoms with E-state index in [1.54, 1.807) is 29.8 Å². The maximum atomic E-state index is 12.1. The molecule has 0 saturated heterocycles. The van der Waals surface area contributed by atoms with Gasteiger partial charge in [0, 0.05) is 17.5 Å². The van der Waals surface area contributed by atoms with Crippen LogP contribution in [0.1, 0.15) is 39.2 Å². The fraction of sp³-hybridized carbons (Fsp3) is 0.500. The molecule has 0 aromatic carbocycles. The number of hydrogen-bond donors (Lipinski definition) is 1. The Bertz CT molecular complexity index is 713. The molecule has 1 aliphatic carbocycles. The third kappa shape index (κ3) is 2.65. The van der Waals surface area contributed by atoms with E-state index in [9.17, 15) is 9.90 Å². The molecule has 112 valence electrons. The van der Waals surface area contributed by atoms with Crippen molar-refractivity contribution in [2.75, 3.05) is 6.61 Å². The van der Waals surface area contributed by atoms with Gasteiger partial charge in [0.05, 0.1) is 18.4 Å². The number of fused-ring (bicyclic) bond motifs is 1. The molecular formula is C16H20N2O3. The summed E-state index contributed by atoms with van der Waals surface area (Å²) in [5, 5.41) is 10.8. The van der Waals surface area contributed by atoms with Gasteiger partial charge < -0.3 is 9.84 Å². The second-order valence-corrected chi connectivity index (χ2v) is 6.03. The highest BCUT2D eigenvalue weighted by Gasteiger charge is 2.40. The zero-order valence-electron chi connectivity index (χ0n) is 12.4. The zero-order valence-corrected chi connectivity index (χ0v) is 12.4. The fourth-order valence-electron chi connectivity index (χ4n) is 2.91. The molecule has 2 heterocycles. The molecule has 0 aliphatic heterocycles. The number of pyridine rings is 2. The van der Waals surface area contributed by atoms with Gasteiger partial charge in [-0.3, -0.25) is 9.36 Å². The van der Waals surface area contributed by atoms with Crippen molar-refractivity contribution in [2.24, 2.45) is 0 Å². The monoisotopic (exact) mass is 288 g/mol. The van der Waals surface area contributed by atoms with E-state index in [0.717, 1.165) is 17.6 Å². The van der Waals surface area contributed by atoms with Crippen molar-refractivity contribution < 1.29 is 9.84 Å². The van der Waals surface area contributed by atoms with Gasteiger partial charge >= 0.3 is 0 Å². The largest absolute Gasteiger partial charge is 0.492 e. The first kappa shape index (κ1) is 14.1. The maximum Gasteiger partial charge on any atom is 0.252 e. The summed E-state index contributed by atoms with van der Waals surface area (Å²) in [6.45, 7) is 4.50. The van der Waals surface area contributed by atoms with Gasteiger partial charge in [-0.15, -0.1) is 0 Å². The quantitative estimate of drug-likeness (QED) is 0.937. The van der Waals surface area contributed by atoms with Gasteiger partial charge in [0.15, 0.2) is 0 Å². The first-order chi connectivity index (χ1) is 10.00. The van der Waals surface area contributed by atoms with Crippen LogP contribution in [0.5, 0.6) is 5.75 Å². The summed E-state index contributed by atoms with van der Waals surface area (Å²) < 4.78 is 7.27. The van der Waals surface area contributed by atoms with Crippen LogP contribution in [0.15, 0.2) is 29.2 Å². The number of nitrogens with zero attached hydrogens (tertiary/aromatic N) is 2. The first-order valence-corrected chi connectivity index (χ1v) is 7.37. The summed E-state index contributed by atoms with van der Waals surface area (Å²) in [7, 11) is 0. The molecule has 1 aliphatic rings. The average molecular weight is 288 g/mol. The highest BCUT2D eigenvalue weighted by atomic mass is 16.5. The lowest BCUT2D eigenvalue weighted by atomic mass is 9.77.